The van der Waals surface area contributed by atoms with Crippen molar-refractivity contribution in [3.63, 3.8) is 0 Å². The van der Waals surface area contributed by atoms with Gasteiger partial charge in [-0.25, -0.2) is 4.79 Å². The molecule has 2 aliphatic rings. The van der Waals surface area contributed by atoms with E-state index in [1.54, 1.807) is 0 Å². The van der Waals surface area contributed by atoms with Gasteiger partial charge in [-0.2, -0.15) is 0 Å². The van der Waals surface area contributed by atoms with Crippen LogP contribution in [0.25, 0.3) is 0 Å². The summed E-state index contributed by atoms with van der Waals surface area (Å²) in [5, 5.41) is 17.9. The maximum atomic E-state index is 12.1. The first-order valence-electron chi connectivity index (χ1n) is 6.15. The number of carbonyl (C=O) groups excluding carboxylic acids is 1. The van der Waals surface area contributed by atoms with Crippen LogP contribution in [0.2, 0.25) is 0 Å². The van der Waals surface area contributed by atoms with Crippen molar-refractivity contribution in [1.82, 2.24) is 4.90 Å². The molecule has 1 aliphatic heterocycles. The summed E-state index contributed by atoms with van der Waals surface area (Å²) in [5.74, 6) is -0.540. The molecule has 2 N–H and O–H groups in total. The Balaban J connectivity index is 2.01. The number of rotatable bonds is 3. The molecule has 1 saturated heterocycles. The topological polar surface area (TPSA) is 77.8 Å². The maximum Gasteiger partial charge on any atom is 0.328 e. The lowest BCUT2D eigenvalue weighted by Gasteiger charge is -2.53. The molecule has 1 heterocycles. The lowest BCUT2D eigenvalue weighted by Crippen LogP contribution is -2.67. The fourth-order valence-electron chi connectivity index (χ4n) is 2.93. The molecule has 1 aliphatic carbocycles. The number of amides is 1. The van der Waals surface area contributed by atoms with Crippen molar-refractivity contribution in [2.45, 2.75) is 38.6 Å². The summed E-state index contributed by atoms with van der Waals surface area (Å²) in [6.07, 6.45) is 3.80. The molecule has 5 nitrogen and oxygen atoms in total. The molecule has 2 rings (SSSR count). The monoisotopic (exact) mass is 241 g/mol. The molecule has 0 aromatic heterocycles. The van der Waals surface area contributed by atoms with Gasteiger partial charge in [0.2, 0.25) is 5.91 Å². The highest BCUT2D eigenvalue weighted by Gasteiger charge is 2.55. The molecule has 0 aromatic rings. The van der Waals surface area contributed by atoms with Crippen molar-refractivity contribution in [2.75, 3.05) is 13.2 Å². The van der Waals surface area contributed by atoms with Crippen molar-refractivity contribution in [3.8, 4) is 0 Å². The van der Waals surface area contributed by atoms with E-state index in [0.29, 0.717) is 12.5 Å². The fraction of sp³-hybridized carbons (Fsp3) is 0.833. The van der Waals surface area contributed by atoms with E-state index in [-0.39, 0.29) is 11.3 Å². The fourth-order valence-corrected chi connectivity index (χ4v) is 2.93. The molecule has 2 fully saturated rings. The number of aliphatic hydroxyl groups is 1. The number of aliphatic hydroxyl groups excluding tert-OH is 1. The average Bonchev–Trinajstić information content (AvgIpc) is 2.30. The van der Waals surface area contributed by atoms with Crippen LogP contribution in [0.1, 0.15) is 32.6 Å². The third kappa shape index (κ3) is 1.92. The molecule has 0 radical (unpaired) electrons. The molecule has 96 valence electrons. The van der Waals surface area contributed by atoms with Gasteiger partial charge in [-0.3, -0.25) is 4.79 Å². The number of likely N-dealkylation sites (tertiary alicyclic amines) is 1. The van der Waals surface area contributed by atoms with Crippen LogP contribution in [-0.2, 0) is 9.59 Å². The molecule has 1 saturated carbocycles. The van der Waals surface area contributed by atoms with Crippen molar-refractivity contribution in [1.29, 1.82) is 0 Å². The smallest absolute Gasteiger partial charge is 0.328 e. The molecule has 0 bridgehead atoms. The molecular weight excluding hydrogens is 222 g/mol. The van der Waals surface area contributed by atoms with Gasteiger partial charge >= 0.3 is 5.97 Å². The van der Waals surface area contributed by atoms with Crippen LogP contribution in [0, 0.1) is 11.3 Å². The van der Waals surface area contributed by atoms with Gasteiger partial charge in [0.1, 0.15) is 0 Å². The summed E-state index contributed by atoms with van der Waals surface area (Å²) in [6, 6.07) is -1.06. The summed E-state index contributed by atoms with van der Waals surface area (Å²) in [7, 11) is 0. The summed E-state index contributed by atoms with van der Waals surface area (Å²) < 4.78 is 0. The summed E-state index contributed by atoms with van der Waals surface area (Å²) >= 11 is 0. The minimum absolute atomic E-state index is 0.0779. The van der Waals surface area contributed by atoms with Gasteiger partial charge in [-0.05, 0) is 31.6 Å². The van der Waals surface area contributed by atoms with Crippen molar-refractivity contribution in [3.05, 3.63) is 0 Å². The second-order valence-electron chi connectivity index (χ2n) is 5.43. The lowest BCUT2D eigenvalue weighted by molar-refractivity contribution is -0.177. The lowest BCUT2D eigenvalue weighted by atomic mass is 9.65. The Labute approximate surface area is 100 Å². The van der Waals surface area contributed by atoms with Crippen LogP contribution in [0.3, 0.4) is 0 Å². The van der Waals surface area contributed by atoms with E-state index in [2.05, 4.69) is 6.92 Å². The van der Waals surface area contributed by atoms with Gasteiger partial charge in [0.05, 0.1) is 12.0 Å². The zero-order valence-electron chi connectivity index (χ0n) is 10.1. The standard InChI is InChI=1S/C12H19NO4/c1-8-2-4-12(5-3-8)7-13(11(12)17)9(6-14)10(15)16/h8-9,14H,2-7H2,1H3,(H,15,16)/t8?,9-,12?/m0/s1. The van der Waals surface area contributed by atoms with Crippen LogP contribution < -0.4 is 0 Å². The Bertz CT molecular complexity index is 333. The average molecular weight is 241 g/mol. The third-order valence-electron chi connectivity index (χ3n) is 4.25. The number of hydrogen-bond donors (Lipinski definition) is 2. The molecule has 1 spiro atoms. The highest BCUT2D eigenvalue weighted by atomic mass is 16.4. The van der Waals surface area contributed by atoms with Crippen molar-refractivity contribution < 1.29 is 19.8 Å². The first-order chi connectivity index (χ1) is 8.00. The normalized spacial score (nSPS) is 34.6. The maximum absolute atomic E-state index is 12.1. The van der Waals surface area contributed by atoms with Crippen LogP contribution in [-0.4, -0.2) is 46.2 Å². The second kappa shape index (κ2) is 4.29. The largest absolute Gasteiger partial charge is 0.480 e. The van der Waals surface area contributed by atoms with Crippen LogP contribution in [0.15, 0.2) is 0 Å². The summed E-state index contributed by atoms with van der Waals surface area (Å²) in [6.45, 7) is 2.17. The molecule has 5 heteroatoms. The van der Waals surface area contributed by atoms with E-state index < -0.39 is 18.6 Å². The Morgan fingerprint density at radius 3 is 2.53 bits per heavy atom. The predicted octanol–water partition coefficient (Wildman–Crippen LogP) is 0.471. The molecule has 0 unspecified atom stereocenters. The minimum Gasteiger partial charge on any atom is -0.480 e. The van der Waals surface area contributed by atoms with Crippen LogP contribution >= 0.6 is 0 Å². The predicted molar refractivity (Wildman–Crippen MR) is 60.3 cm³/mol. The van der Waals surface area contributed by atoms with E-state index in [4.69, 9.17) is 10.2 Å². The van der Waals surface area contributed by atoms with Gasteiger partial charge in [0.25, 0.3) is 0 Å². The number of carboxylic acid groups (broad SMARTS) is 1. The van der Waals surface area contributed by atoms with Gasteiger partial charge in [-0.15, -0.1) is 0 Å². The summed E-state index contributed by atoms with van der Waals surface area (Å²) in [4.78, 5) is 24.3. The Kier molecular flexibility index (Phi) is 3.12. The van der Waals surface area contributed by atoms with Crippen molar-refractivity contribution >= 4 is 11.9 Å². The quantitative estimate of drug-likeness (QED) is 0.704. The van der Waals surface area contributed by atoms with Crippen LogP contribution in [0.5, 0.6) is 0 Å². The van der Waals surface area contributed by atoms with Gasteiger partial charge in [-0.1, -0.05) is 6.92 Å². The number of carboxylic acids is 1. The number of carbonyl (C=O) groups is 2. The first kappa shape index (κ1) is 12.4. The minimum atomic E-state index is -1.13. The zero-order chi connectivity index (χ0) is 12.6. The second-order valence-corrected chi connectivity index (χ2v) is 5.43. The summed E-state index contributed by atoms with van der Waals surface area (Å²) in [5.41, 5.74) is -0.310. The van der Waals surface area contributed by atoms with Gasteiger partial charge in [0.15, 0.2) is 6.04 Å². The van der Waals surface area contributed by atoms with E-state index in [9.17, 15) is 9.59 Å². The number of aliphatic carboxylic acids is 1. The Morgan fingerprint density at radius 2 is 2.12 bits per heavy atom. The van der Waals surface area contributed by atoms with E-state index in [1.807, 2.05) is 0 Å². The van der Waals surface area contributed by atoms with E-state index >= 15 is 0 Å². The molecular formula is C12H19NO4. The Hall–Kier alpha value is -1.10. The van der Waals surface area contributed by atoms with Crippen molar-refractivity contribution in [2.24, 2.45) is 11.3 Å². The molecule has 0 aromatic carbocycles. The molecule has 1 atom stereocenters. The van der Waals surface area contributed by atoms with Crippen LogP contribution in [0.4, 0.5) is 0 Å². The number of nitrogens with zero attached hydrogens (tertiary/aromatic N) is 1. The molecule has 1 amide bonds. The number of β-lactam (4-membered cyclic amide) rings is 1. The first-order valence-corrected chi connectivity index (χ1v) is 6.15. The number of hydrogen-bond acceptors (Lipinski definition) is 3. The van der Waals surface area contributed by atoms with E-state index in [1.165, 1.54) is 4.90 Å². The highest BCUT2D eigenvalue weighted by Crippen LogP contribution is 2.47. The van der Waals surface area contributed by atoms with Gasteiger partial charge < -0.3 is 15.1 Å². The Morgan fingerprint density at radius 1 is 1.53 bits per heavy atom. The third-order valence-corrected chi connectivity index (χ3v) is 4.25. The molecule has 17 heavy (non-hydrogen) atoms. The van der Waals surface area contributed by atoms with Gasteiger partial charge in [0, 0.05) is 6.54 Å². The van der Waals surface area contributed by atoms with E-state index in [0.717, 1.165) is 25.7 Å². The zero-order valence-corrected chi connectivity index (χ0v) is 10.1. The highest BCUT2D eigenvalue weighted by molar-refractivity contribution is 5.92. The SMILES string of the molecule is CC1CCC2(CC1)CN([C@@H](CO)C(=O)O)C2=O.